The average molecular weight is 354 g/mol. The van der Waals surface area contributed by atoms with Crippen LogP contribution in [-0.4, -0.2) is 46.3 Å². The first-order valence-corrected chi connectivity index (χ1v) is 8.59. The van der Waals surface area contributed by atoms with E-state index >= 15 is 0 Å². The van der Waals surface area contributed by atoms with Crippen LogP contribution in [0.3, 0.4) is 0 Å². The molecule has 136 valence electrons. The van der Waals surface area contributed by atoms with Crippen LogP contribution in [0.5, 0.6) is 0 Å². The molecule has 2 heterocycles. The second-order valence-electron chi connectivity index (χ2n) is 6.20. The first kappa shape index (κ1) is 17.7. The molecule has 8 nitrogen and oxygen atoms in total. The third-order valence-corrected chi connectivity index (χ3v) is 4.29. The fraction of sp³-hybridized carbons (Fsp3) is 0.333. The topological polar surface area (TPSA) is 127 Å². The number of likely N-dealkylation sites (tertiary alicyclic amines) is 1. The Bertz CT molecular complexity index is 806. The number of aromatic nitrogens is 2. The van der Waals surface area contributed by atoms with Gasteiger partial charge in [0.25, 0.3) is 0 Å². The van der Waals surface area contributed by atoms with Gasteiger partial charge in [-0.05, 0) is 25.0 Å². The largest absolute Gasteiger partial charge is 0.370 e. The van der Waals surface area contributed by atoms with E-state index in [0.29, 0.717) is 30.0 Å². The quantitative estimate of drug-likeness (QED) is 0.642. The summed E-state index contributed by atoms with van der Waals surface area (Å²) >= 11 is 0. The van der Waals surface area contributed by atoms with E-state index in [1.807, 2.05) is 4.90 Å². The van der Waals surface area contributed by atoms with Crippen molar-refractivity contribution in [2.75, 3.05) is 30.7 Å². The standard InChI is InChI=1S/C18H22N6O2/c19-17(26)13-6-4-12(5-7-13)14-11-15(23-18(20)22-14)21-8-2-10-24-9-1-3-16(24)25/h4-7,11H,1-3,8-10H2,(H2,19,26)(H3,20,21,22,23). The monoisotopic (exact) mass is 354 g/mol. The zero-order valence-electron chi connectivity index (χ0n) is 14.4. The summed E-state index contributed by atoms with van der Waals surface area (Å²) < 4.78 is 0. The molecule has 0 aliphatic carbocycles. The van der Waals surface area contributed by atoms with Gasteiger partial charge in [0, 0.05) is 43.2 Å². The summed E-state index contributed by atoms with van der Waals surface area (Å²) in [7, 11) is 0. The van der Waals surface area contributed by atoms with Crippen LogP contribution >= 0.6 is 0 Å². The summed E-state index contributed by atoms with van der Waals surface area (Å²) in [5, 5.41) is 3.22. The lowest BCUT2D eigenvalue weighted by atomic mass is 10.1. The zero-order valence-corrected chi connectivity index (χ0v) is 14.4. The summed E-state index contributed by atoms with van der Waals surface area (Å²) in [6.07, 6.45) is 2.44. The number of nitrogens with two attached hydrogens (primary N) is 2. The number of anilines is 2. The number of nitrogen functional groups attached to an aromatic ring is 1. The minimum atomic E-state index is -0.474. The highest BCUT2D eigenvalue weighted by molar-refractivity contribution is 5.93. The van der Waals surface area contributed by atoms with Gasteiger partial charge in [-0.15, -0.1) is 0 Å². The van der Waals surface area contributed by atoms with Gasteiger partial charge in [-0.1, -0.05) is 12.1 Å². The van der Waals surface area contributed by atoms with Crippen molar-refractivity contribution < 1.29 is 9.59 Å². The molecule has 26 heavy (non-hydrogen) atoms. The Morgan fingerprint density at radius 1 is 1.23 bits per heavy atom. The Kier molecular flexibility index (Phi) is 5.31. The van der Waals surface area contributed by atoms with Crippen LogP contribution < -0.4 is 16.8 Å². The number of benzene rings is 1. The Balaban J connectivity index is 1.61. The van der Waals surface area contributed by atoms with E-state index in [2.05, 4.69) is 15.3 Å². The summed E-state index contributed by atoms with van der Waals surface area (Å²) in [6, 6.07) is 8.64. The summed E-state index contributed by atoms with van der Waals surface area (Å²) in [4.78, 5) is 33.1. The molecular weight excluding hydrogens is 332 g/mol. The average Bonchev–Trinajstić information content (AvgIpc) is 3.03. The smallest absolute Gasteiger partial charge is 0.248 e. The maximum absolute atomic E-state index is 11.6. The van der Waals surface area contributed by atoms with E-state index in [4.69, 9.17) is 11.5 Å². The molecular formula is C18H22N6O2. The maximum atomic E-state index is 11.6. The zero-order chi connectivity index (χ0) is 18.5. The number of amides is 2. The Labute approximate surface area is 151 Å². The lowest BCUT2D eigenvalue weighted by Gasteiger charge is -2.15. The third-order valence-electron chi connectivity index (χ3n) is 4.29. The number of primary amides is 1. The van der Waals surface area contributed by atoms with E-state index in [1.54, 1.807) is 30.3 Å². The third kappa shape index (κ3) is 4.27. The second kappa shape index (κ2) is 7.81. The molecule has 0 atom stereocenters. The second-order valence-corrected chi connectivity index (χ2v) is 6.20. The van der Waals surface area contributed by atoms with Gasteiger partial charge < -0.3 is 21.7 Å². The molecule has 0 radical (unpaired) electrons. The fourth-order valence-corrected chi connectivity index (χ4v) is 2.94. The molecule has 5 N–H and O–H groups in total. The van der Waals surface area contributed by atoms with Gasteiger partial charge in [0.1, 0.15) is 5.82 Å². The predicted molar refractivity (Wildman–Crippen MR) is 99.3 cm³/mol. The molecule has 1 aromatic heterocycles. The van der Waals surface area contributed by atoms with Crippen molar-refractivity contribution >= 4 is 23.6 Å². The fourth-order valence-electron chi connectivity index (χ4n) is 2.94. The molecule has 2 aromatic rings. The lowest BCUT2D eigenvalue weighted by molar-refractivity contribution is -0.127. The van der Waals surface area contributed by atoms with Crippen molar-refractivity contribution in [2.45, 2.75) is 19.3 Å². The van der Waals surface area contributed by atoms with Crippen LogP contribution in [0.25, 0.3) is 11.3 Å². The van der Waals surface area contributed by atoms with Gasteiger partial charge in [-0.25, -0.2) is 4.98 Å². The Hall–Kier alpha value is -3.16. The summed E-state index contributed by atoms with van der Waals surface area (Å²) in [5.41, 5.74) is 13.0. The number of hydrogen-bond donors (Lipinski definition) is 3. The van der Waals surface area contributed by atoms with Crippen LogP contribution in [-0.2, 0) is 4.79 Å². The molecule has 0 bridgehead atoms. The Morgan fingerprint density at radius 3 is 2.65 bits per heavy atom. The SMILES string of the molecule is NC(=O)c1ccc(-c2cc(NCCCN3CCCC3=O)nc(N)n2)cc1. The molecule has 1 aliphatic heterocycles. The van der Waals surface area contributed by atoms with E-state index in [0.717, 1.165) is 31.5 Å². The van der Waals surface area contributed by atoms with Crippen molar-refractivity contribution in [3.8, 4) is 11.3 Å². The number of carbonyl (C=O) groups is 2. The Morgan fingerprint density at radius 2 is 2.00 bits per heavy atom. The molecule has 1 aromatic carbocycles. The number of carbonyl (C=O) groups excluding carboxylic acids is 2. The van der Waals surface area contributed by atoms with Crippen LogP contribution in [0.1, 0.15) is 29.6 Å². The van der Waals surface area contributed by atoms with Crippen LogP contribution in [0.2, 0.25) is 0 Å². The minimum absolute atomic E-state index is 0.165. The molecule has 1 aliphatic rings. The first-order chi connectivity index (χ1) is 12.5. The first-order valence-electron chi connectivity index (χ1n) is 8.59. The normalized spacial score (nSPS) is 13.8. The summed E-state index contributed by atoms with van der Waals surface area (Å²) in [5.74, 6) is 0.550. The molecule has 0 unspecified atom stereocenters. The van der Waals surface area contributed by atoms with Gasteiger partial charge in [0.15, 0.2) is 0 Å². The van der Waals surface area contributed by atoms with Crippen molar-refractivity contribution in [1.29, 1.82) is 0 Å². The van der Waals surface area contributed by atoms with Crippen molar-refractivity contribution in [2.24, 2.45) is 5.73 Å². The molecule has 0 spiro atoms. The van der Waals surface area contributed by atoms with Gasteiger partial charge >= 0.3 is 0 Å². The highest BCUT2D eigenvalue weighted by atomic mass is 16.2. The lowest BCUT2D eigenvalue weighted by Crippen LogP contribution is -2.27. The van der Waals surface area contributed by atoms with Gasteiger partial charge in [-0.3, -0.25) is 9.59 Å². The van der Waals surface area contributed by atoms with Crippen LogP contribution in [0, 0.1) is 0 Å². The number of nitrogens with zero attached hydrogens (tertiary/aromatic N) is 3. The van der Waals surface area contributed by atoms with E-state index in [9.17, 15) is 9.59 Å². The molecule has 0 saturated carbocycles. The molecule has 2 amide bonds. The van der Waals surface area contributed by atoms with E-state index in [-0.39, 0.29) is 11.9 Å². The molecule has 1 saturated heterocycles. The van der Waals surface area contributed by atoms with Crippen molar-refractivity contribution in [1.82, 2.24) is 14.9 Å². The number of hydrogen-bond acceptors (Lipinski definition) is 6. The highest BCUT2D eigenvalue weighted by Crippen LogP contribution is 2.21. The van der Waals surface area contributed by atoms with Crippen molar-refractivity contribution in [3.05, 3.63) is 35.9 Å². The van der Waals surface area contributed by atoms with Crippen LogP contribution in [0.4, 0.5) is 11.8 Å². The number of rotatable bonds is 7. The van der Waals surface area contributed by atoms with Gasteiger partial charge in [0.05, 0.1) is 5.69 Å². The molecule has 1 fully saturated rings. The van der Waals surface area contributed by atoms with E-state index in [1.165, 1.54) is 0 Å². The highest BCUT2D eigenvalue weighted by Gasteiger charge is 2.18. The summed E-state index contributed by atoms with van der Waals surface area (Å²) in [6.45, 7) is 2.28. The maximum Gasteiger partial charge on any atom is 0.248 e. The van der Waals surface area contributed by atoms with Crippen LogP contribution in [0.15, 0.2) is 30.3 Å². The van der Waals surface area contributed by atoms with Gasteiger partial charge in [0.2, 0.25) is 17.8 Å². The predicted octanol–water partition coefficient (Wildman–Crippen LogP) is 1.25. The molecule has 3 rings (SSSR count). The van der Waals surface area contributed by atoms with Crippen molar-refractivity contribution in [3.63, 3.8) is 0 Å². The van der Waals surface area contributed by atoms with Gasteiger partial charge in [-0.2, -0.15) is 4.98 Å². The van der Waals surface area contributed by atoms with E-state index < -0.39 is 5.91 Å². The minimum Gasteiger partial charge on any atom is -0.370 e. The number of nitrogens with one attached hydrogen (secondary N) is 1. The molecule has 8 heteroatoms.